The molecule has 1 fully saturated rings. The minimum Gasteiger partial charge on any atom is -0.359 e. The molecule has 1 aromatic carbocycles. The number of nitrogens with zero attached hydrogens (tertiary/aromatic N) is 3. The van der Waals surface area contributed by atoms with Crippen LogP contribution in [-0.4, -0.2) is 20.6 Å². The summed E-state index contributed by atoms with van der Waals surface area (Å²) in [5.74, 6) is 0.932. The van der Waals surface area contributed by atoms with Crippen molar-refractivity contribution in [1.29, 1.82) is 0 Å². The van der Waals surface area contributed by atoms with Crippen LogP contribution >= 0.6 is 11.3 Å². The largest absolute Gasteiger partial charge is 0.359 e. The molecule has 2 heterocycles. The van der Waals surface area contributed by atoms with Gasteiger partial charge >= 0.3 is 0 Å². The Morgan fingerprint density at radius 2 is 2.11 bits per heavy atom. The van der Waals surface area contributed by atoms with E-state index in [2.05, 4.69) is 31.3 Å². The van der Waals surface area contributed by atoms with Gasteiger partial charge in [-0.05, 0) is 25.0 Å². The van der Waals surface area contributed by atoms with Crippen LogP contribution in [0, 0.1) is 0 Å². The molecule has 1 aliphatic carbocycles. The molecule has 3 aromatic rings. The second-order valence-corrected chi connectivity index (χ2v) is 5.80. The Balaban J connectivity index is 1.76. The van der Waals surface area contributed by atoms with E-state index in [9.17, 15) is 0 Å². The Hall–Kier alpha value is -1.88. The number of thiazole rings is 1. The lowest BCUT2D eigenvalue weighted by Crippen LogP contribution is -2.00. The molecule has 96 valence electrons. The van der Waals surface area contributed by atoms with Crippen LogP contribution in [0.2, 0.25) is 0 Å². The summed E-state index contributed by atoms with van der Waals surface area (Å²) in [6.45, 7) is 0. The number of imidazole rings is 1. The van der Waals surface area contributed by atoms with Crippen LogP contribution in [-0.2, 0) is 7.05 Å². The summed E-state index contributed by atoms with van der Waals surface area (Å²) in [5.41, 5.74) is 3.11. The number of hydrogen-bond acceptors (Lipinski definition) is 4. The zero-order valence-electron chi connectivity index (χ0n) is 10.6. The lowest BCUT2D eigenvalue weighted by atomic mass is 10.3. The third kappa shape index (κ3) is 1.90. The Morgan fingerprint density at radius 3 is 2.89 bits per heavy atom. The molecule has 0 aliphatic heterocycles. The van der Waals surface area contributed by atoms with Gasteiger partial charge in [-0.3, -0.25) is 0 Å². The molecule has 1 saturated carbocycles. The molecular weight excluding hydrogens is 256 g/mol. The van der Waals surface area contributed by atoms with E-state index in [0.717, 1.165) is 27.7 Å². The summed E-state index contributed by atoms with van der Waals surface area (Å²) in [5, 5.41) is 6.51. The molecule has 0 atom stereocenters. The molecule has 2 aromatic heterocycles. The van der Waals surface area contributed by atoms with E-state index in [1.54, 1.807) is 11.3 Å². The van der Waals surface area contributed by atoms with E-state index in [0.29, 0.717) is 6.04 Å². The van der Waals surface area contributed by atoms with Crippen molar-refractivity contribution in [3.05, 3.63) is 29.6 Å². The second-order valence-electron chi connectivity index (χ2n) is 4.94. The van der Waals surface area contributed by atoms with Gasteiger partial charge in [-0.1, -0.05) is 12.1 Å². The van der Waals surface area contributed by atoms with Crippen molar-refractivity contribution in [3.8, 4) is 11.5 Å². The summed E-state index contributed by atoms with van der Waals surface area (Å²) in [4.78, 5) is 9.31. The predicted molar refractivity (Wildman–Crippen MR) is 78.5 cm³/mol. The zero-order chi connectivity index (χ0) is 12.8. The highest BCUT2D eigenvalue weighted by molar-refractivity contribution is 7.14. The zero-order valence-corrected chi connectivity index (χ0v) is 11.4. The fourth-order valence-electron chi connectivity index (χ4n) is 2.22. The quantitative estimate of drug-likeness (QED) is 0.794. The van der Waals surface area contributed by atoms with E-state index in [-0.39, 0.29) is 0 Å². The lowest BCUT2D eigenvalue weighted by molar-refractivity contribution is 0.952. The normalized spacial score (nSPS) is 15.0. The third-order valence-corrected chi connectivity index (χ3v) is 4.20. The molecule has 0 spiro atoms. The Bertz CT molecular complexity index is 739. The Morgan fingerprint density at radius 1 is 1.26 bits per heavy atom. The summed E-state index contributed by atoms with van der Waals surface area (Å²) in [6.07, 6.45) is 2.53. The monoisotopic (exact) mass is 270 g/mol. The second kappa shape index (κ2) is 4.06. The lowest BCUT2D eigenvalue weighted by Gasteiger charge is -1.99. The number of benzene rings is 1. The highest BCUT2D eigenvalue weighted by Gasteiger charge is 2.22. The first-order valence-corrected chi connectivity index (χ1v) is 7.33. The van der Waals surface area contributed by atoms with Crippen LogP contribution in [0.4, 0.5) is 5.13 Å². The fraction of sp³-hybridized carbons (Fsp3) is 0.286. The van der Waals surface area contributed by atoms with Crippen LogP contribution in [0.3, 0.4) is 0 Å². The molecule has 0 bridgehead atoms. The van der Waals surface area contributed by atoms with E-state index < -0.39 is 0 Å². The van der Waals surface area contributed by atoms with E-state index in [1.807, 2.05) is 25.2 Å². The van der Waals surface area contributed by atoms with Crippen LogP contribution in [0.25, 0.3) is 22.6 Å². The average molecular weight is 270 g/mol. The van der Waals surface area contributed by atoms with Gasteiger partial charge in [0.1, 0.15) is 5.69 Å². The molecule has 4 rings (SSSR count). The number of para-hydroxylation sites is 2. The first kappa shape index (κ1) is 11.0. The van der Waals surface area contributed by atoms with E-state index >= 15 is 0 Å². The van der Waals surface area contributed by atoms with Crippen LogP contribution in [0.5, 0.6) is 0 Å². The van der Waals surface area contributed by atoms with Gasteiger partial charge in [0.05, 0.1) is 11.0 Å². The standard InChI is InChI=1S/C14H14N4S/c1-18-12-5-3-2-4-10(12)16-13(18)11-8-19-14(17-11)15-9-6-7-9/h2-5,8-9H,6-7H2,1H3,(H,15,17). The number of anilines is 1. The predicted octanol–water partition coefficient (Wildman–Crippen LogP) is 3.27. The summed E-state index contributed by atoms with van der Waals surface area (Å²) >= 11 is 1.66. The van der Waals surface area contributed by atoms with E-state index in [1.165, 1.54) is 12.8 Å². The SMILES string of the molecule is Cn1c(-c2csc(NC3CC3)n2)nc2ccccc21. The highest BCUT2D eigenvalue weighted by Crippen LogP contribution is 2.30. The van der Waals surface area contributed by atoms with Crippen molar-refractivity contribution >= 4 is 27.5 Å². The van der Waals surface area contributed by atoms with Crippen LogP contribution in [0.1, 0.15) is 12.8 Å². The molecule has 1 N–H and O–H groups in total. The van der Waals surface area contributed by atoms with Crippen molar-refractivity contribution in [1.82, 2.24) is 14.5 Å². The number of fused-ring (bicyclic) bond motifs is 1. The topological polar surface area (TPSA) is 42.7 Å². The van der Waals surface area contributed by atoms with Crippen molar-refractivity contribution in [3.63, 3.8) is 0 Å². The molecule has 0 amide bonds. The first-order valence-electron chi connectivity index (χ1n) is 6.45. The van der Waals surface area contributed by atoms with Crippen LogP contribution < -0.4 is 5.32 Å². The minimum absolute atomic E-state index is 0.638. The summed E-state index contributed by atoms with van der Waals surface area (Å²) < 4.78 is 2.10. The van der Waals surface area contributed by atoms with Crippen LogP contribution in [0.15, 0.2) is 29.6 Å². The maximum absolute atomic E-state index is 4.67. The van der Waals surface area contributed by atoms with Gasteiger partial charge in [-0.15, -0.1) is 11.3 Å². The third-order valence-electron chi connectivity index (χ3n) is 3.43. The van der Waals surface area contributed by atoms with Gasteiger partial charge in [0.15, 0.2) is 11.0 Å². The number of aromatic nitrogens is 3. The maximum Gasteiger partial charge on any atom is 0.183 e. The summed E-state index contributed by atoms with van der Waals surface area (Å²) in [7, 11) is 2.04. The number of hydrogen-bond donors (Lipinski definition) is 1. The van der Waals surface area contributed by atoms with Crippen molar-refractivity contribution in [2.45, 2.75) is 18.9 Å². The molecule has 0 saturated heterocycles. The van der Waals surface area contributed by atoms with Gasteiger partial charge in [0, 0.05) is 18.5 Å². The molecule has 1 aliphatic rings. The molecule has 0 unspecified atom stereocenters. The van der Waals surface area contributed by atoms with Gasteiger partial charge in [0.2, 0.25) is 0 Å². The minimum atomic E-state index is 0.638. The molecule has 4 nitrogen and oxygen atoms in total. The Kier molecular flexibility index (Phi) is 2.35. The average Bonchev–Trinajstić information content (AvgIpc) is 3.01. The van der Waals surface area contributed by atoms with Gasteiger partial charge in [0.25, 0.3) is 0 Å². The van der Waals surface area contributed by atoms with Crippen molar-refractivity contribution in [2.75, 3.05) is 5.32 Å². The molecular formula is C14H14N4S. The van der Waals surface area contributed by atoms with Crippen molar-refractivity contribution in [2.24, 2.45) is 7.05 Å². The van der Waals surface area contributed by atoms with Crippen molar-refractivity contribution < 1.29 is 0 Å². The smallest absolute Gasteiger partial charge is 0.183 e. The number of nitrogens with one attached hydrogen (secondary N) is 1. The summed E-state index contributed by atoms with van der Waals surface area (Å²) in [6, 6.07) is 8.81. The first-order chi connectivity index (χ1) is 9.31. The maximum atomic E-state index is 4.67. The highest BCUT2D eigenvalue weighted by atomic mass is 32.1. The number of rotatable bonds is 3. The van der Waals surface area contributed by atoms with E-state index in [4.69, 9.17) is 0 Å². The van der Waals surface area contributed by atoms with Gasteiger partial charge in [-0.2, -0.15) is 0 Å². The fourth-order valence-corrected chi connectivity index (χ4v) is 2.99. The van der Waals surface area contributed by atoms with Gasteiger partial charge < -0.3 is 9.88 Å². The molecule has 0 radical (unpaired) electrons. The number of aryl methyl sites for hydroxylation is 1. The molecule has 5 heteroatoms. The molecule has 19 heavy (non-hydrogen) atoms. The Labute approximate surface area is 115 Å². The van der Waals surface area contributed by atoms with Gasteiger partial charge in [-0.25, -0.2) is 9.97 Å².